The molecule has 3 N–H and O–H groups in total. The first-order valence-corrected chi connectivity index (χ1v) is 8.32. The van der Waals surface area contributed by atoms with Gasteiger partial charge in [0, 0.05) is 18.0 Å². The fourth-order valence-corrected chi connectivity index (χ4v) is 4.11. The highest BCUT2D eigenvalue weighted by atomic mass is 32.2. The second-order valence-electron chi connectivity index (χ2n) is 4.09. The van der Waals surface area contributed by atoms with Crippen LogP contribution < -0.4 is 15.2 Å². The maximum absolute atomic E-state index is 12.2. The second kappa shape index (κ2) is 6.36. The second-order valence-corrected chi connectivity index (χ2v) is 6.82. The Balaban J connectivity index is 2.13. The van der Waals surface area contributed by atoms with Crippen LogP contribution in [-0.2, 0) is 23.1 Å². The van der Waals surface area contributed by atoms with Crippen LogP contribution in [0, 0.1) is 0 Å². The van der Waals surface area contributed by atoms with Crippen molar-refractivity contribution >= 4 is 21.4 Å². The summed E-state index contributed by atoms with van der Waals surface area (Å²) in [6.07, 6.45) is 0. The number of ether oxygens (including phenoxy) is 1. The van der Waals surface area contributed by atoms with Crippen molar-refractivity contribution in [3.05, 3.63) is 46.2 Å². The van der Waals surface area contributed by atoms with Gasteiger partial charge in [-0.15, -0.1) is 11.3 Å². The average Bonchev–Trinajstić information content (AvgIpc) is 2.95. The summed E-state index contributed by atoms with van der Waals surface area (Å²) < 4.78 is 32.1. The van der Waals surface area contributed by atoms with Gasteiger partial charge in [0.2, 0.25) is 10.0 Å². The fourth-order valence-electron chi connectivity index (χ4n) is 1.76. The zero-order valence-electron chi connectivity index (χ0n) is 11.0. The molecule has 2 aromatic rings. The predicted octanol–water partition coefficient (Wildman–Crippen LogP) is 1.69. The lowest BCUT2D eigenvalue weighted by Gasteiger charge is -2.08. The first kappa shape index (κ1) is 15.0. The molecule has 0 radical (unpaired) electrons. The highest BCUT2D eigenvalue weighted by Crippen LogP contribution is 2.21. The zero-order chi connectivity index (χ0) is 14.6. The van der Waals surface area contributed by atoms with Gasteiger partial charge in [-0.25, -0.2) is 13.1 Å². The normalized spacial score (nSPS) is 11.5. The smallest absolute Gasteiger partial charge is 0.242 e. The van der Waals surface area contributed by atoms with Gasteiger partial charge in [-0.3, -0.25) is 0 Å². The monoisotopic (exact) mass is 312 g/mol. The molecule has 2 rings (SSSR count). The molecule has 20 heavy (non-hydrogen) atoms. The maximum Gasteiger partial charge on any atom is 0.242 e. The van der Waals surface area contributed by atoms with E-state index in [-0.39, 0.29) is 18.0 Å². The van der Waals surface area contributed by atoms with E-state index in [2.05, 4.69) is 4.72 Å². The van der Waals surface area contributed by atoms with Gasteiger partial charge < -0.3 is 10.5 Å². The molecule has 1 aromatic carbocycles. The quantitative estimate of drug-likeness (QED) is 0.850. The largest absolute Gasteiger partial charge is 0.497 e. The Hall–Kier alpha value is -1.41. The zero-order valence-corrected chi connectivity index (χ0v) is 12.6. The van der Waals surface area contributed by atoms with E-state index in [1.54, 1.807) is 24.6 Å². The van der Waals surface area contributed by atoms with Crippen molar-refractivity contribution in [1.29, 1.82) is 0 Å². The summed E-state index contributed by atoms with van der Waals surface area (Å²) in [6, 6.07) is 8.82. The van der Waals surface area contributed by atoms with Gasteiger partial charge in [-0.05, 0) is 29.1 Å². The summed E-state index contributed by atoms with van der Waals surface area (Å²) in [5.74, 6) is 0.694. The highest BCUT2D eigenvalue weighted by molar-refractivity contribution is 7.89. The van der Waals surface area contributed by atoms with Crippen molar-refractivity contribution in [2.75, 3.05) is 7.11 Å². The fraction of sp³-hybridized carbons (Fsp3) is 0.231. The number of nitrogens with two attached hydrogens (primary N) is 1. The summed E-state index contributed by atoms with van der Waals surface area (Å²) in [5.41, 5.74) is 6.37. The van der Waals surface area contributed by atoms with E-state index in [9.17, 15) is 8.42 Å². The molecule has 0 spiro atoms. The number of nitrogens with one attached hydrogen (secondary N) is 1. The van der Waals surface area contributed by atoms with Crippen LogP contribution in [0.4, 0.5) is 0 Å². The Kier molecular flexibility index (Phi) is 4.77. The molecular weight excluding hydrogens is 296 g/mol. The van der Waals surface area contributed by atoms with Gasteiger partial charge in [0.05, 0.1) is 12.0 Å². The van der Waals surface area contributed by atoms with Crippen molar-refractivity contribution in [3.63, 3.8) is 0 Å². The molecular formula is C13H16N2O3S2. The molecule has 0 amide bonds. The Morgan fingerprint density at radius 2 is 2.15 bits per heavy atom. The van der Waals surface area contributed by atoms with Crippen LogP contribution in [0.3, 0.4) is 0 Å². The van der Waals surface area contributed by atoms with Crippen molar-refractivity contribution in [3.8, 4) is 5.75 Å². The van der Waals surface area contributed by atoms with Crippen LogP contribution in [0.25, 0.3) is 0 Å². The van der Waals surface area contributed by atoms with Crippen LogP contribution in [0.2, 0.25) is 0 Å². The molecule has 5 nitrogen and oxygen atoms in total. The molecule has 1 aromatic heterocycles. The van der Waals surface area contributed by atoms with Crippen LogP contribution in [-0.4, -0.2) is 15.5 Å². The lowest BCUT2D eigenvalue weighted by Crippen LogP contribution is -2.24. The van der Waals surface area contributed by atoms with E-state index >= 15 is 0 Å². The van der Waals surface area contributed by atoms with E-state index in [1.807, 2.05) is 18.2 Å². The van der Waals surface area contributed by atoms with E-state index in [0.29, 0.717) is 10.6 Å². The molecule has 0 aliphatic carbocycles. The van der Waals surface area contributed by atoms with E-state index in [4.69, 9.17) is 10.5 Å². The van der Waals surface area contributed by atoms with Crippen molar-refractivity contribution in [2.45, 2.75) is 18.0 Å². The number of hydrogen-bond donors (Lipinski definition) is 2. The van der Waals surface area contributed by atoms with Crippen LogP contribution >= 0.6 is 11.3 Å². The molecule has 0 bridgehead atoms. The molecule has 0 saturated carbocycles. The lowest BCUT2D eigenvalue weighted by atomic mass is 10.2. The third kappa shape index (κ3) is 3.37. The van der Waals surface area contributed by atoms with E-state index in [0.717, 1.165) is 5.56 Å². The number of methoxy groups -OCH3 is 1. The minimum atomic E-state index is -3.54. The SMILES string of the molecule is COc1cccc(CNS(=O)(=O)c2ccsc2CN)c1. The molecule has 7 heteroatoms. The summed E-state index contributed by atoms with van der Waals surface area (Å²) in [5, 5.41) is 1.72. The third-order valence-electron chi connectivity index (χ3n) is 2.78. The first-order chi connectivity index (χ1) is 9.56. The maximum atomic E-state index is 12.2. The van der Waals surface area contributed by atoms with Gasteiger partial charge in [-0.2, -0.15) is 0 Å². The molecule has 0 unspecified atom stereocenters. The highest BCUT2D eigenvalue weighted by Gasteiger charge is 2.18. The van der Waals surface area contributed by atoms with Gasteiger partial charge in [0.1, 0.15) is 5.75 Å². The topological polar surface area (TPSA) is 81.4 Å². The number of thiophene rings is 1. The van der Waals surface area contributed by atoms with Crippen LogP contribution in [0.1, 0.15) is 10.4 Å². The first-order valence-electron chi connectivity index (χ1n) is 5.96. The standard InChI is InChI=1S/C13H16N2O3S2/c1-18-11-4-2-3-10(7-11)9-15-20(16,17)13-5-6-19-12(13)8-14/h2-7,15H,8-9,14H2,1H3. The summed E-state index contributed by atoms with van der Waals surface area (Å²) in [4.78, 5) is 0.913. The summed E-state index contributed by atoms with van der Waals surface area (Å²) in [7, 11) is -1.97. The van der Waals surface area contributed by atoms with Crippen LogP contribution in [0.15, 0.2) is 40.6 Å². The minimum absolute atomic E-state index is 0.208. The Morgan fingerprint density at radius 1 is 1.35 bits per heavy atom. The van der Waals surface area contributed by atoms with Crippen molar-refractivity contribution < 1.29 is 13.2 Å². The number of benzene rings is 1. The van der Waals surface area contributed by atoms with Gasteiger partial charge >= 0.3 is 0 Å². The molecule has 1 heterocycles. The number of rotatable bonds is 6. The lowest BCUT2D eigenvalue weighted by molar-refractivity contribution is 0.414. The minimum Gasteiger partial charge on any atom is -0.497 e. The number of sulfonamides is 1. The van der Waals surface area contributed by atoms with Crippen LogP contribution in [0.5, 0.6) is 5.75 Å². The van der Waals surface area contributed by atoms with Crippen molar-refractivity contribution in [2.24, 2.45) is 5.73 Å². The Morgan fingerprint density at radius 3 is 2.85 bits per heavy atom. The molecule has 0 saturated heterocycles. The molecule has 0 atom stereocenters. The van der Waals surface area contributed by atoms with Gasteiger partial charge in [0.25, 0.3) is 0 Å². The average molecular weight is 312 g/mol. The molecule has 0 aliphatic rings. The van der Waals surface area contributed by atoms with E-state index in [1.165, 1.54) is 11.3 Å². The summed E-state index contributed by atoms with van der Waals surface area (Å²) >= 11 is 1.34. The van der Waals surface area contributed by atoms with Crippen molar-refractivity contribution in [1.82, 2.24) is 4.72 Å². The predicted molar refractivity (Wildman–Crippen MR) is 79.2 cm³/mol. The number of hydrogen-bond acceptors (Lipinski definition) is 5. The van der Waals surface area contributed by atoms with E-state index < -0.39 is 10.0 Å². The molecule has 0 aliphatic heterocycles. The van der Waals surface area contributed by atoms with Gasteiger partial charge in [-0.1, -0.05) is 12.1 Å². The molecule has 0 fully saturated rings. The van der Waals surface area contributed by atoms with Gasteiger partial charge in [0.15, 0.2) is 0 Å². The summed E-state index contributed by atoms with van der Waals surface area (Å²) in [6.45, 7) is 0.423. The molecule has 108 valence electrons. The Labute approximate surface area is 122 Å². The Bertz CT molecular complexity index is 680. The third-order valence-corrected chi connectivity index (χ3v) is 5.34.